The summed E-state index contributed by atoms with van der Waals surface area (Å²) in [6.07, 6.45) is 6.20. The first-order valence-electron chi connectivity index (χ1n) is 10.2. The SMILES string of the molecule is COc1cc2c(cc1OC)CC(=O)N(CC(=O)NCCc1c[nH]c3ccc(Cl)cc13)C=C2. The molecule has 166 valence electrons. The molecule has 1 aliphatic heterocycles. The molecule has 0 saturated carbocycles. The fourth-order valence-corrected chi connectivity index (χ4v) is 3.98. The molecule has 0 aliphatic carbocycles. The molecule has 0 spiro atoms. The summed E-state index contributed by atoms with van der Waals surface area (Å²) >= 11 is 6.09. The van der Waals surface area contributed by atoms with Gasteiger partial charge in [0.1, 0.15) is 6.54 Å². The summed E-state index contributed by atoms with van der Waals surface area (Å²) in [6, 6.07) is 9.30. The van der Waals surface area contributed by atoms with Gasteiger partial charge < -0.3 is 24.7 Å². The van der Waals surface area contributed by atoms with Crippen molar-refractivity contribution in [3.8, 4) is 11.5 Å². The van der Waals surface area contributed by atoms with Gasteiger partial charge in [-0.2, -0.15) is 0 Å². The summed E-state index contributed by atoms with van der Waals surface area (Å²) in [6.45, 7) is 0.413. The van der Waals surface area contributed by atoms with Gasteiger partial charge in [-0.1, -0.05) is 11.6 Å². The molecule has 0 fully saturated rings. The van der Waals surface area contributed by atoms with Crippen molar-refractivity contribution in [2.75, 3.05) is 27.3 Å². The zero-order valence-corrected chi connectivity index (χ0v) is 18.7. The van der Waals surface area contributed by atoms with E-state index in [0.717, 1.165) is 27.6 Å². The molecule has 7 nitrogen and oxygen atoms in total. The molecular weight excluding hydrogens is 430 g/mol. The van der Waals surface area contributed by atoms with E-state index in [4.69, 9.17) is 21.1 Å². The zero-order chi connectivity index (χ0) is 22.7. The molecule has 4 rings (SSSR count). The highest BCUT2D eigenvalue weighted by Gasteiger charge is 2.21. The van der Waals surface area contributed by atoms with Gasteiger partial charge in [0.25, 0.3) is 0 Å². The number of carbonyl (C=O) groups is 2. The Morgan fingerprint density at radius 2 is 1.97 bits per heavy atom. The van der Waals surface area contributed by atoms with E-state index >= 15 is 0 Å². The number of H-pyrrole nitrogens is 1. The number of hydrogen-bond donors (Lipinski definition) is 2. The number of carbonyl (C=O) groups excluding carboxylic acids is 2. The van der Waals surface area contributed by atoms with E-state index in [-0.39, 0.29) is 24.8 Å². The maximum absolute atomic E-state index is 12.7. The quantitative estimate of drug-likeness (QED) is 0.573. The standard InChI is InChI=1S/C24H24ClN3O4/c1-31-21-9-15-6-8-28(24(30)11-17(15)10-22(21)32-2)14-23(29)26-7-5-16-13-27-20-4-3-18(25)12-19(16)20/h3-4,6,8-10,12-13,27H,5,7,11,14H2,1-2H3,(H,26,29). The second-order valence-corrected chi connectivity index (χ2v) is 7.96. The minimum absolute atomic E-state index is 0.0443. The number of nitrogens with one attached hydrogen (secondary N) is 2. The van der Waals surface area contributed by atoms with Crippen molar-refractivity contribution in [1.82, 2.24) is 15.2 Å². The Labute approximate surface area is 190 Å². The number of methoxy groups -OCH3 is 2. The highest BCUT2D eigenvalue weighted by molar-refractivity contribution is 6.31. The maximum atomic E-state index is 12.7. The first kappa shape index (κ1) is 21.8. The number of amides is 2. The second-order valence-electron chi connectivity index (χ2n) is 7.52. The monoisotopic (exact) mass is 453 g/mol. The minimum atomic E-state index is -0.220. The van der Waals surface area contributed by atoms with E-state index in [0.29, 0.717) is 29.5 Å². The number of aromatic amines is 1. The van der Waals surface area contributed by atoms with Gasteiger partial charge in [0.2, 0.25) is 11.8 Å². The molecule has 1 aromatic heterocycles. The smallest absolute Gasteiger partial charge is 0.240 e. The average Bonchev–Trinajstić information content (AvgIpc) is 3.11. The molecule has 0 unspecified atom stereocenters. The first-order chi connectivity index (χ1) is 15.5. The second kappa shape index (κ2) is 9.36. The van der Waals surface area contributed by atoms with Crippen molar-refractivity contribution in [2.24, 2.45) is 0 Å². The normalized spacial score (nSPS) is 13.1. The van der Waals surface area contributed by atoms with Crippen LogP contribution in [0.15, 0.2) is 42.7 Å². The van der Waals surface area contributed by atoms with Crippen molar-refractivity contribution in [3.05, 3.63) is 64.4 Å². The molecule has 3 aromatic rings. The molecule has 32 heavy (non-hydrogen) atoms. The third-order valence-corrected chi connectivity index (χ3v) is 5.74. The van der Waals surface area contributed by atoms with Crippen LogP contribution in [0.4, 0.5) is 0 Å². The van der Waals surface area contributed by atoms with Crippen LogP contribution in [0, 0.1) is 0 Å². The van der Waals surface area contributed by atoms with Crippen molar-refractivity contribution >= 4 is 40.4 Å². The third-order valence-electron chi connectivity index (χ3n) is 5.50. The molecule has 2 aromatic carbocycles. The summed E-state index contributed by atoms with van der Waals surface area (Å²) in [7, 11) is 3.12. The van der Waals surface area contributed by atoms with Gasteiger partial charge in [0.15, 0.2) is 11.5 Å². The van der Waals surface area contributed by atoms with Crippen molar-refractivity contribution < 1.29 is 19.1 Å². The van der Waals surface area contributed by atoms with Gasteiger partial charge >= 0.3 is 0 Å². The zero-order valence-electron chi connectivity index (χ0n) is 17.9. The van der Waals surface area contributed by atoms with Crippen LogP contribution in [-0.4, -0.2) is 49.0 Å². The van der Waals surface area contributed by atoms with Crippen LogP contribution in [0.5, 0.6) is 11.5 Å². The van der Waals surface area contributed by atoms with Crippen molar-refractivity contribution in [1.29, 1.82) is 0 Å². The molecule has 0 atom stereocenters. The van der Waals surface area contributed by atoms with Crippen LogP contribution < -0.4 is 14.8 Å². The van der Waals surface area contributed by atoms with E-state index in [9.17, 15) is 9.59 Å². The van der Waals surface area contributed by atoms with Gasteiger partial charge in [-0.05, 0) is 59.5 Å². The van der Waals surface area contributed by atoms with E-state index in [1.165, 1.54) is 4.90 Å². The third kappa shape index (κ3) is 4.57. The Balaban J connectivity index is 1.36. The largest absolute Gasteiger partial charge is 0.493 e. The number of benzene rings is 2. The Bertz CT molecular complexity index is 1200. The van der Waals surface area contributed by atoms with Gasteiger partial charge in [-0.3, -0.25) is 9.59 Å². The van der Waals surface area contributed by atoms with Crippen LogP contribution in [-0.2, 0) is 22.4 Å². The predicted molar refractivity (Wildman–Crippen MR) is 124 cm³/mol. The van der Waals surface area contributed by atoms with Gasteiger partial charge in [0, 0.05) is 34.9 Å². The van der Waals surface area contributed by atoms with Crippen LogP contribution in [0.1, 0.15) is 16.7 Å². The van der Waals surface area contributed by atoms with Crippen molar-refractivity contribution in [2.45, 2.75) is 12.8 Å². The summed E-state index contributed by atoms with van der Waals surface area (Å²) in [5.74, 6) is 0.779. The molecule has 0 saturated heterocycles. The van der Waals surface area contributed by atoms with Crippen LogP contribution in [0.3, 0.4) is 0 Å². The maximum Gasteiger partial charge on any atom is 0.240 e. The molecule has 1 aliphatic rings. The molecule has 2 N–H and O–H groups in total. The van der Waals surface area contributed by atoms with Crippen LogP contribution in [0.25, 0.3) is 17.0 Å². The predicted octanol–water partition coefficient (Wildman–Crippen LogP) is 3.55. The number of rotatable bonds is 7. The van der Waals surface area contributed by atoms with Crippen molar-refractivity contribution in [3.63, 3.8) is 0 Å². The average molecular weight is 454 g/mol. The van der Waals surface area contributed by atoms with E-state index in [2.05, 4.69) is 10.3 Å². The minimum Gasteiger partial charge on any atom is -0.493 e. The lowest BCUT2D eigenvalue weighted by Crippen LogP contribution is -2.38. The Kier molecular flexibility index (Phi) is 6.37. The van der Waals surface area contributed by atoms with Crippen LogP contribution >= 0.6 is 11.6 Å². The number of nitrogens with zero attached hydrogens (tertiary/aromatic N) is 1. The first-order valence-corrected chi connectivity index (χ1v) is 10.6. The number of aromatic nitrogens is 1. The Hall–Kier alpha value is -3.45. The highest BCUT2D eigenvalue weighted by atomic mass is 35.5. The molecule has 0 bridgehead atoms. The summed E-state index contributed by atoms with van der Waals surface area (Å²) in [5.41, 5.74) is 3.76. The number of fused-ring (bicyclic) bond motifs is 2. The summed E-state index contributed by atoms with van der Waals surface area (Å²) in [4.78, 5) is 29.8. The Morgan fingerprint density at radius 3 is 2.75 bits per heavy atom. The summed E-state index contributed by atoms with van der Waals surface area (Å²) in [5, 5.41) is 4.61. The molecule has 2 amide bonds. The van der Waals surface area contributed by atoms with Gasteiger partial charge in [0.05, 0.1) is 20.6 Å². The van der Waals surface area contributed by atoms with Gasteiger partial charge in [-0.15, -0.1) is 0 Å². The lowest BCUT2D eigenvalue weighted by atomic mass is 10.0. The fraction of sp³-hybridized carbons (Fsp3) is 0.250. The van der Waals surface area contributed by atoms with Gasteiger partial charge in [-0.25, -0.2) is 0 Å². The topological polar surface area (TPSA) is 83.7 Å². The lowest BCUT2D eigenvalue weighted by Gasteiger charge is -2.17. The molecular formula is C24H24ClN3O4. The molecule has 0 radical (unpaired) electrons. The van der Waals surface area contributed by atoms with E-state index in [1.807, 2.05) is 36.5 Å². The highest BCUT2D eigenvalue weighted by Crippen LogP contribution is 2.32. The number of halogens is 1. The molecule has 2 heterocycles. The molecule has 8 heteroatoms. The van der Waals surface area contributed by atoms with E-state index in [1.54, 1.807) is 26.5 Å². The fourth-order valence-electron chi connectivity index (χ4n) is 3.81. The lowest BCUT2D eigenvalue weighted by molar-refractivity contribution is -0.132. The summed E-state index contributed by atoms with van der Waals surface area (Å²) < 4.78 is 10.7. The number of hydrogen-bond acceptors (Lipinski definition) is 4. The van der Waals surface area contributed by atoms with Crippen LogP contribution in [0.2, 0.25) is 5.02 Å². The Morgan fingerprint density at radius 1 is 1.19 bits per heavy atom. The van der Waals surface area contributed by atoms with E-state index < -0.39 is 0 Å². The number of ether oxygens (including phenoxy) is 2.